The largest absolute Gasteiger partial charge is 0.545 e. The van der Waals surface area contributed by atoms with Crippen molar-refractivity contribution in [1.82, 2.24) is 18.9 Å². The van der Waals surface area contributed by atoms with Crippen molar-refractivity contribution in [2.45, 2.75) is 0 Å². The molecule has 2 aromatic heterocycles. The van der Waals surface area contributed by atoms with Gasteiger partial charge in [0.05, 0.1) is 33.3 Å². The van der Waals surface area contributed by atoms with Gasteiger partial charge in [-0.1, -0.05) is 24.8 Å². The van der Waals surface area contributed by atoms with Gasteiger partial charge in [0.1, 0.15) is 0 Å². The Morgan fingerprint density at radius 1 is 1.07 bits per heavy atom. The van der Waals surface area contributed by atoms with E-state index in [0.29, 0.717) is 16.3 Å². The molecule has 4 aromatic rings. The van der Waals surface area contributed by atoms with Gasteiger partial charge in [-0.3, -0.25) is 19.0 Å². The van der Waals surface area contributed by atoms with Crippen LogP contribution in [-0.4, -0.2) is 24.9 Å². The number of carboxylic acids is 1. The van der Waals surface area contributed by atoms with E-state index in [1.54, 1.807) is 35.4 Å². The lowest BCUT2D eigenvalue weighted by molar-refractivity contribution is -0.255. The van der Waals surface area contributed by atoms with E-state index in [4.69, 9.17) is 0 Å². The number of hydrogen-bond donors (Lipinski definition) is 1. The Kier molecular flexibility index (Phi) is 4.11. The van der Waals surface area contributed by atoms with Crippen LogP contribution in [0.1, 0.15) is 15.9 Å². The Bertz CT molecular complexity index is 1520. The first-order chi connectivity index (χ1) is 13.8. The molecule has 2 heterocycles. The van der Waals surface area contributed by atoms with E-state index in [9.17, 15) is 19.5 Å². The fraction of sp³-hybridized carbons (Fsp3) is 0.0952. The van der Waals surface area contributed by atoms with E-state index in [0.717, 1.165) is 16.6 Å². The summed E-state index contributed by atoms with van der Waals surface area (Å²) in [5, 5.41) is 14.7. The SMILES string of the molecule is C=c1[nH]n(-c2cccc(C(=O)[O-])c2)c(=O)/c1=C/c1ccc2c(c1)n(C)c(=O)n2C. The topological polar surface area (TPSA) is 105 Å². The summed E-state index contributed by atoms with van der Waals surface area (Å²) in [4.78, 5) is 36.1. The number of carbonyl (C=O) groups excluding carboxylic acids is 1. The minimum atomic E-state index is -1.32. The van der Waals surface area contributed by atoms with Crippen LogP contribution in [0.2, 0.25) is 0 Å². The van der Waals surface area contributed by atoms with Gasteiger partial charge in [-0.15, -0.1) is 0 Å². The van der Waals surface area contributed by atoms with Crippen molar-refractivity contribution in [2.75, 3.05) is 0 Å². The van der Waals surface area contributed by atoms with Crippen LogP contribution < -0.4 is 26.9 Å². The number of nitrogens with zero attached hydrogens (tertiary/aromatic N) is 3. The summed E-state index contributed by atoms with van der Waals surface area (Å²) in [6, 6.07) is 11.3. The second kappa shape index (κ2) is 6.52. The molecule has 29 heavy (non-hydrogen) atoms. The molecular weight excluding hydrogens is 372 g/mol. The lowest BCUT2D eigenvalue weighted by atomic mass is 10.1. The highest BCUT2D eigenvalue weighted by Gasteiger charge is 2.09. The van der Waals surface area contributed by atoms with E-state index in [2.05, 4.69) is 11.7 Å². The highest BCUT2D eigenvalue weighted by atomic mass is 16.4. The number of fused-ring (bicyclic) bond motifs is 1. The van der Waals surface area contributed by atoms with Crippen molar-refractivity contribution in [3.05, 3.63) is 85.0 Å². The summed E-state index contributed by atoms with van der Waals surface area (Å²) in [7, 11) is 3.39. The summed E-state index contributed by atoms with van der Waals surface area (Å²) in [5.74, 6) is -1.32. The van der Waals surface area contributed by atoms with Gasteiger partial charge in [-0.05, 0) is 41.5 Å². The molecule has 0 unspecified atom stereocenters. The average Bonchev–Trinajstić information content (AvgIpc) is 3.11. The van der Waals surface area contributed by atoms with Gasteiger partial charge < -0.3 is 9.90 Å². The quantitative estimate of drug-likeness (QED) is 0.483. The molecule has 8 heteroatoms. The van der Waals surface area contributed by atoms with Crippen molar-refractivity contribution < 1.29 is 9.90 Å². The van der Waals surface area contributed by atoms with E-state index in [-0.39, 0.29) is 16.8 Å². The Balaban J connectivity index is 1.89. The third-order valence-corrected chi connectivity index (χ3v) is 4.95. The third kappa shape index (κ3) is 2.91. The Hall–Kier alpha value is -4.07. The zero-order valence-corrected chi connectivity index (χ0v) is 15.8. The number of rotatable bonds is 3. The van der Waals surface area contributed by atoms with Gasteiger partial charge in [0.15, 0.2) is 0 Å². The number of aryl methyl sites for hydroxylation is 2. The van der Waals surface area contributed by atoms with Crippen LogP contribution in [0.15, 0.2) is 52.1 Å². The number of benzene rings is 2. The molecule has 0 amide bonds. The maximum absolute atomic E-state index is 12.9. The van der Waals surface area contributed by atoms with Crippen LogP contribution in [0.5, 0.6) is 0 Å². The van der Waals surface area contributed by atoms with Gasteiger partial charge in [-0.2, -0.15) is 0 Å². The van der Waals surface area contributed by atoms with E-state index in [1.165, 1.54) is 22.9 Å². The fourth-order valence-corrected chi connectivity index (χ4v) is 3.38. The number of H-pyrrole nitrogens is 1. The predicted molar refractivity (Wildman–Crippen MR) is 107 cm³/mol. The number of carboxylic acid groups (broad SMARTS) is 1. The first-order valence-electron chi connectivity index (χ1n) is 8.77. The predicted octanol–water partition coefficient (Wildman–Crippen LogP) is -1.04. The van der Waals surface area contributed by atoms with Gasteiger partial charge in [-0.25, -0.2) is 9.48 Å². The van der Waals surface area contributed by atoms with Crippen molar-refractivity contribution >= 4 is 29.7 Å². The molecule has 2 aromatic carbocycles. The number of aromatic amines is 1. The summed E-state index contributed by atoms with van der Waals surface area (Å²) in [6.07, 6.45) is 1.68. The number of carbonyl (C=O) groups is 1. The molecule has 0 bridgehead atoms. The summed E-state index contributed by atoms with van der Waals surface area (Å²) >= 11 is 0. The van der Waals surface area contributed by atoms with Crippen molar-refractivity contribution in [2.24, 2.45) is 14.1 Å². The average molecular weight is 389 g/mol. The number of aromatic nitrogens is 4. The van der Waals surface area contributed by atoms with E-state index >= 15 is 0 Å². The maximum atomic E-state index is 12.9. The lowest BCUT2D eigenvalue weighted by Gasteiger charge is -2.05. The molecule has 0 atom stereocenters. The van der Waals surface area contributed by atoms with Crippen LogP contribution in [0.3, 0.4) is 0 Å². The molecule has 0 aliphatic carbocycles. The molecule has 0 saturated heterocycles. The number of imidazole rings is 1. The molecule has 0 spiro atoms. The summed E-state index contributed by atoms with van der Waals surface area (Å²) < 4.78 is 4.33. The third-order valence-electron chi connectivity index (χ3n) is 4.95. The van der Waals surface area contributed by atoms with Gasteiger partial charge in [0, 0.05) is 14.1 Å². The fourth-order valence-electron chi connectivity index (χ4n) is 3.38. The van der Waals surface area contributed by atoms with Gasteiger partial charge in [0.25, 0.3) is 5.56 Å². The second-order valence-corrected chi connectivity index (χ2v) is 6.78. The van der Waals surface area contributed by atoms with Crippen LogP contribution in [0, 0.1) is 0 Å². The van der Waals surface area contributed by atoms with Gasteiger partial charge in [0.2, 0.25) is 0 Å². The Labute approximate surface area is 163 Å². The Morgan fingerprint density at radius 3 is 2.52 bits per heavy atom. The first-order valence-corrected chi connectivity index (χ1v) is 8.77. The minimum absolute atomic E-state index is 0.0319. The number of aromatic carboxylic acids is 1. The van der Waals surface area contributed by atoms with Crippen molar-refractivity contribution in [3.63, 3.8) is 0 Å². The summed E-state index contributed by atoms with van der Waals surface area (Å²) in [5.41, 5.74) is 2.09. The molecule has 0 aliphatic heterocycles. The number of hydrogen-bond acceptors (Lipinski definition) is 4. The first kappa shape index (κ1) is 18.3. The summed E-state index contributed by atoms with van der Waals surface area (Å²) in [6.45, 7) is 3.88. The zero-order chi connectivity index (χ0) is 20.9. The van der Waals surface area contributed by atoms with Crippen LogP contribution in [0.25, 0.3) is 29.4 Å². The van der Waals surface area contributed by atoms with Crippen LogP contribution >= 0.6 is 0 Å². The monoisotopic (exact) mass is 389 g/mol. The molecular formula is C21H17N4O4-. The molecule has 0 saturated carbocycles. The van der Waals surface area contributed by atoms with Crippen molar-refractivity contribution in [1.29, 1.82) is 0 Å². The molecule has 4 rings (SSSR count). The molecule has 0 radical (unpaired) electrons. The smallest absolute Gasteiger partial charge is 0.328 e. The van der Waals surface area contributed by atoms with Crippen LogP contribution in [0.4, 0.5) is 0 Å². The lowest BCUT2D eigenvalue weighted by Crippen LogP contribution is -2.34. The highest BCUT2D eigenvalue weighted by molar-refractivity contribution is 5.86. The van der Waals surface area contributed by atoms with Crippen molar-refractivity contribution in [3.8, 4) is 5.69 Å². The molecule has 8 nitrogen and oxygen atoms in total. The molecule has 146 valence electrons. The van der Waals surface area contributed by atoms with E-state index < -0.39 is 5.97 Å². The highest BCUT2D eigenvalue weighted by Crippen LogP contribution is 2.14. The van der Waals surface area contributed by atoms with Gasteiger partial charge >= 0.3 is 5.69 Å². The molecule has 1 N–H and O–H groups in total. The zero-order valence-electron chi connectivity index (χ0n) is 15.8. The normalized spacial score (nSPS) is 12.0. The van der Waals surface area contributed by atoms with E-state index in [1.807, 2.05) is 18.2 Å². The second-order valence-electron chi connectivity index (χ2n) is 6.78. The molecule has 0 fully saturated rings. The Morgan fingerprint density at radius 2 is 1.79 bits per heavy atom. The standard InChI is InChI=1S/C21H18N4O4/c1-12-16(9-13-7-8-17-18(10-13)24(3)21(29)23(17)2)19(26)25(22-12)15-6-4-5-14(11-15)20(27)28/h4-11,22H,1H2,2-3H3,(H,27,28)/p-1/b16-9+. The minimum Gasteiger partial charge on any atom is -0.545 e. The molecule has 0 aliphatic rings. The maximum Gasteiger partial charge on any atom is 0.328 e. The van der Waals surface area contributed by atoms with Crippen LogP contribution in [-0.2, 0) is 14.1 Å². The number of nitrogens with one attached hydrogen (secondary N) is 1.